The van der Waals surface area contributed by atoms with Gasteiger partial charge in [0.1, 0.15) is 5.82 Å². The van der Waals surface area contributed by atoms with E-state index in [2.05, 4.69) is 211 Å². The van der Waals surface area contributed by atoms with Gasteiger partial charge in [0.05, 0.1) is 11.0 Å². The van der Waals surface area contributed by atoms with Crippen LogP contribution in [0.3, 0.4) is 0 Å². The third-order valence-electron chi connectivity index (χ3n) is 10.4. The van der Waals surface area contributed by atoms with Crippen molar-refractivity contribution in [2.45, 2.75) is 0 Å². The standard InChI is InChI=1S/C51H34N2/c1-6-18-35(19-7-1)45-34-48-47(52-51(38-24-12-4-13-25-38)53(48)40-26-14-5-15-27-40)33-44(45)39-30-31-43-46(32-39)50(37-22-10-3-11-23-37)42-29-17-16-28-41(42)49(43)36-20-8-2-9-21-36/h1-34H. The Bertz CT molecular complexity index is 2900. The minimum Gasteiger partial charge on any atom is -0.292 e. The third kappa shape index (κ3) is 5.32. The molecule has 10 rings (SSSR count). The molecule has 0 unspecified atom stereocenters. The Labute approximate surface area is 308 Å². The van der Waals surface area contributed by atoms with Crippen LogP contribution >= 0.6 is 0 Å². The highest BCUT2D eigenvalue weighted by molar-refractivity contribution is 6.22. The first-order valence-corrected chi connectivity index (χ1v) is 18.1. The van der Waals surface area contributed by atoms with E-state index in [-0.39, 0.29) is 0 Å². The van der Waals surface area contributed by atoms with Gasteiger partial charge in [-0.15, -0.1) is 0 Å². The summed E-state index contributed by atoms with van der Waals surface area (Å²) in [5.74, 6) is 0.923. The lowest BCUT2D eigenvalue weighted by Crippen LogP contribution is -1.97. The average Bonchev–Trinajstić information content (AvgIpc) is 3.62. The minimum absolute atomic E-state index is 0.923. The van der Waals surface area contributed by atoms with Gasteiger partial charge in [-0.1, -0.05) is 176 Å². The molecule has 0 aliphatic rings. The maximum Gasteiger partial charge on any atom is 0.145 e. The normalized spacial score (nSPS) is 11.4. The summed E-state index contributed by atoms with van der Waals surface area (Å²) < 4.78 is 2.30. The van der Waals surface area contributed by atoms with Gasteiger partial charge in [-0.2, -0.15) is 0 Å². The van der Waals surface area contributed by atoms with Crippen molar-refractivity contribution in [2.24, 2.45) is 0 Å². The maximum atomic E-state index is 5.37. The fraction of sp³-hybridized carbons (Fsp3) is 0. The smallest absolute Gasteiger partial charge is 0.145 e. The zero-order chi connectivity index (χ0) is 35.1. The Kier molecular flexibility index (Phi) is 7.51. The zero-order valence-corrected chi connectivity index (χ0v) is 29.0. The number of benzene rings is 9. The Morgan fingerprint density at radius 3 is 1.36 bits per heavy atom. The topological polar surface area (TPSA) is 17.8 Å². The molecule has 2 heteroatoms. The summed E-state index contributed by atoms with van der Waals surface area (Å²) in [5, 5.41) is 4.96. The summed E-state index contributed by atoms with van der Waals surface area (Å²) in [7, 11) is 0. The van der Waals surface area contributed by atoms with Crippen LogP contribution in [0.1, 0.15) is 0 Å². The molecule has 0 atom stereocenters. The van der Waals surface area contributed by atoms with Gasteiger partial charge in [0.15, 0.2) is 0 Å². The number of nitrogens with zero attached hydrogens (tertiary/aromatic N) is 2. The molecule has 53 heavy (non-hydrogen) atoms. The van der Waals surface area contributed by atoms with E-state index in [1.54, 1.807) is 0 Å². The van der Waals surface area contributed by atoms with E-state index in [1.807, 2.05) is 0 Å². The van der Waals surface area contributed by atoms with Gasteiger partial charge in [0.25, 0.3) is 0 Å². The van der Waals surface area contributed by atoms with Crippen molar-refractivity contribution >= 4 is 32.6 Å². The van der Waals surface area contributed by atoms with Crippen LogP contribution in [0.15, 0.2) is 206 Å². The van der Waals surface area contributed by atoms with Gasteiger partial charge in [0.2, 0.25) is 0 Å². The van der Waals surface area contributed by atoms with Crippen molar-refractivity contribution in [1.29, 1.82) is 0 Å². The second-order valence-corrected chi connectivity index (χ2v) is 13.5. The summed E-state index contributed by atoms with van der Waals surface area (Å²) in [6, 6.07) is 74.0. The van der Waals surface area contributed by atoms with E-state index in [4.69, 9.17) is 4.98 Å². The molecule has 0 spiro atoms. The van der Waals surface area contributed by atoms with Crippen LogP contribution in [-0.2, 0) is 0 Å². The van der Waals surface area contributed by atoms with E-state index in [0.717, 1.165) is 39.2 Å². The third-order valence-corrected chi connectivity index (χ3v) is 10.4. The van der Waals surface area contributed by atoms with Gasteiger partial charge in [-0.05, 0) is 96.4 Å². The summed E-state index contributed by atoms with van der Waals surface area (Å²) in [6.45, 7) is 0. The molecule has 0 N–H and O–H groups in total. The number of hydrogen-bond donors (Lipinski definition) is 0. The highest BCUT2D eigenvalue weighted by Crippen LogP contribution is 2.46. The molecule has 1 heterocycles. The minimum atomic E-state index is 0.923. The molecule has 10 aromatic rings. The van der Waals surface area contributed by atoms with E-state index in [0.29, 0.717) is 0 Å². The highest BCUT2D eigenvalue weighted by atomic mass is 15.1. The van der Waals surface area contributed by atoms with Gasteiger partial charge in [-0.25, -0.2) is 4.98 Å². The van der Waals surface area contributed by atoms with E-state index in [1.165, 1.54) is 54.9 Å². The second-order valence-electron chi connectivity index (χ2n) is 13.5. The van der Waals surface area contributed by atoms with Crippen molar-refractivity contribution < 1.29 is 0 Å². The van der Waals surface area contributed by atoms with Crippen molar-refractivity contribution in [3.63, 3.8) is 0 Å². The van der Waals surface area contributed by atoms with Crippen LogP contribution < -0.4 is 0 Å². The molecule has 0 amide bonds. The monoisotopic (exact) mass is 674 g/mol. The lowest BCUT2D eigenvalue weighted by Gasteiger charge is -2.19. The lowest BCUT2D eigenvalue weighted by atomic mass is 9.84. The molecule has 0 saturated heterocycles. The number of rotatable bonds is 6. The lowest BCUT2D eigenvalue weighted by molar-refractivity contribution is 1.10. The van der Waals surface area contributed by atoms with Gasteiger partial charge >= 0.3 is 0 Å². The van der Waals surface area contributed by atoms with Crippen LogP contribution in [0.5, 0.6) is 0 Å². The molecule has 9 aromatic carbocycles. The number of imidazole rings is 1. The molecule has 0 fully saturated rings. The van der Waals surface area contributed by atoms with Gasteiger partial charge in [-0.3, -0.25) is 4.57 Å². The largest absolute Gasteiger partial charge is 0.292 e. The molecule has 0 aliphatic heterocycles. The summed E-state index contributed by atoms with van der Waals surface area (Å²) in [6.07, 6.45) is 0. The fourth-order valence-corrected chi connectivity index (χ4v) is 8.02. The Balaban J connectivity index is 1.31. The molecule has 2 nitrogen and oxygen atoms in total. The maximum absolute atomic E-state index is 5.37. The Morgan fingerprint density at radius 1 is 0.321 bits per heavy atom. The Hall–Kier alpha value is -7.03. The van der Waals surface area contributed by atoms with E-state index in [9.17, 15) is 0 Å². The average molecular weight is 675 g/mol. The van der Waals surface area contributed by atoms with Crippen LogP contribution in [-0.4, -0.2) is 9.55 Å². The predicted molar refractivity (Wildman–Crippen MR) is 223 cm³/mol. The van der Waals surface area contributed by atoms with Crippen molar-refractivity contribution in [3.8, 4) is 61.6 Å². The highest BCUT2D eigenvalue weighted by Gasteiger charge is 2.21. The number of fused-ring (bicyclic) bond motifs is 3. The molecule has 0 bridgehead atoms. The fourth-order valence-electron chi connectivity index (χ4n) is 8.02. The van der Waals surface area contributed by atoms with Crippen molar-refractivity contribution in [2.75, 3.05) is 0 Å². The summed E-state index contributed by atoms with van der Waals surface area (Å²) in [5.41, 5.74) is 13.7. The molecule has 0 radical (unpaired) electrons. The second kappa shape index (κ2) is 12.9. The van der Waals surface area contributed by atoms with Crippen molar-refractivity contribution in [3.05, 3.63) is 206 Å². The number of hydrogen-bond acceptors (Lipinski definition) is 1. The quantitative estimate of drug-likeness (QED) is 0.161. The van der Waals surface area contributed by atoms with Crippen LogP contribution in [0.2, 0.25) is 0 Å². The first-order chi connectivity index (χ1) is 26.3. The molecule has 1 aromatic heterocycles. The first-order valence-electron chi connectivity index (χ1n) is 18.1. The van der Waals surface area contributed by atoms with Gasteiger partial charge in [0, 0.05) is 11.3 Å². The van der Waals surface area contributed by atoms with Crippen LogP contribution in [0, 0.1) is 0 Å². The number of para-hydroxylation sites is 1. The predicted octanol–water partition coefficient (Wildman–Crippen LogP) is 13.7. The molecule has 0 aliphatic carbocycles. The molecular formula is C51H34N2. The zero-order valence-electron chi connectivity index (χ0n) is 29.0. The van der Waals surface area contributed by atoms with E-state index >= 15 is 0 Å². The van der Waals surface area contributed by atoms with E-state index < -0.39 is 0 Å². The molecule has 248 valence electrons. The SMILES string of the molecule is c1ccc(-c2cc3c(cc2-c2ccc4c(-c5ccccc5)c5ccccc5c(-c5ccccc5)c4c2)nc(-c2ccccc2)n3-c2ccccc2)cc1. The first kappa shape index (κ1) is 30.8. The Morgan fingerprint density at radius 2 is 0.774 bits per heavy atom. The summed E-state index contributed by atoms with van der Waals surface area (Å²) in [4.78, 5) is 5.37. The molecular weight excluding hydrogens is 641 g/mol. The van der Waals surface area contributed by atoms with Crippen molar-refractivity contribution in [1.82, 2.24) is 9.55 Å². The molecule has 0 saturated carbocycles. The van der Waals surface area contributed by atoms with Crippen LogP contribution in [0.4, 0.5) is 0 Å². The summed E-state index contributed by atoms with van der Waals surface area (Å²) >= 11 is 0. The number of aromatic nitrogens is 2. The van der Waals surface area contributed by atoms with Crippen LogP contribution in [0.25, 0.3) is 94.2 Å². The van der Waals surface area contributed by atoms with Gasteiger partial charge < -0.3 is 0 Å².